The number of carbonyl (C=O) groups excluding carboxylic acids is 2. The lowest BCUT2D eigenvalue weighted by Crippen LogP contribution is -2.44. The molecule has 32 heavy (non-hydrogen) atoms. The Morgan fingerprint density at radius 3 is 1.72 bits per heavy atom. The first kappa shape index (κ1) is 30.3. The molecule has 10 heteroatoms. The van der Waals surface area contributed by atoms with E-state index in [0.29, 0.717) is 0 Å². The van der Waals surface area contributed by atoms with Crippen molar-refractivity contribution in [1.82, 2.24) is 5.32 Å². The molecule has 0 aliphatic carbocycles. The van der Waals surface area contributed by atoms with Crippen LogP contribution in [-0.2, 0) is 29.2 Å². The zero-order valence-electron chi connectivity index (χ0n) is 19.5. The Hall–Kier alpha value is -1.68. The molecule has 1 amide bonds. The summed E-state index contributed by atoms with van der Waals surface area (Å²) in [5, 5.41) is 8.82. The average Bonchev–Trinajstić information content (AvgIpc) is 2.72. The van der Waals surface area contributed by atoms with Gasteiger partial charge in [-0.15, -0.1) is 0 Å². The predicted octanol–water partition coefficient (Wildman–Crippen LogP) is 3.86. The van der Waals surface area contributed by atoms with Gasteiger partial charge < -0.3 is 15.2 Å². The number of rotatable bonds is 20. The third kappa shape index (κ3) is 15.2. The Labute approximate surface area is 192 Å². The van der Waals surface area contributed by atoms with Crippen LogP contribution >= 0.6 is 0 Å². The van der Waals surface area contributed by atoms with Crippen LogP contribution in [0.3, 0.4) is 0 Å². The van der Waals surface area contributed by atoms with E-state index in [1.54, 1.807) is 6.92 Å². The van der Waals surface area contributed by atoms with Crippen LogP contribution in [0.4, 0.5) is 0 Å². The molecule has 0 heterocycles. The van der Waals surface area contributed by atoms with Crippen molar-refractivity contribution in [2.24, 2.45) is 0 Å². The lowest BCUT2D eigenvalue weighted by atomic mass is 10.1. The standard InChI is InChI=1S/C22H41NO8S/c1-3-5-6-7-8-9-10-11-12-13-14-15-16-31-22(27)18(4-2)23-20(24)17-19(21(25)26)32(28,29)30/h18-19H,3-17H2,1-2H3,(H,23,24)(H,25,26)(H,28,29,30)/t18-,19-/m0/s1. The number of unbranched alkanes of at least 4 members (excludes halogenated alkanes) is 11. The van der Waals surface area contributed by atoms with Gasteiger partial charge in [0.25, 0.3) is 10.1 Å². The highest BCUT2D eigenvalue weighted by Crippen LogP contribution is 2.12. The maximum atomic E-state index is 12.1. The monoisotopic (exact) mass is 479 g/mol. The molecule has 0 spiro atoms. The number of carboxylic acid groups (broad SMARTS) is 1. The van der Waals surface area contributed by atoms with E-state index in [1.807, 2.05) is 0 Å². The minimum absolute atomic E-state index is 0.201. The van der Waals surface area contributed by atoms with Gasteiger partial charge in [-0.2, -0.15) is 8.42 Å². The van der Waals surface area contributed by atoms with Crippen LogP contribution < -0.4 is 5.32 Å². The van der Waals surface area contributed by atoms with Gasteiger partial charge in [0.15, 0.2) is 5.25 Å². The number of carbonyl (C=O) groups is 3. The van der Waals surface area contributed by atoms with E-state index in [2.05, 4.69) is 12.2 Å². The van der Waals surface area contributed by atoms with Gasteiger partial charge in [0.2, 0.25) is 5.91 Å². The molecule has 0 saturated heterocycles. The van der Waals surface area contributed by atoms with Crippen molar-refractivity contribution in [1.29, 1.82) is 0 Å². The Bertz CT molecular complexity index is 650. The van der Waals surface area contributed by atoms with Gasteiger partial charge >= 0.3 is 11.9 Å². The number of hydrogen-bond acceptors (Lipinski definition) is 6. The first-order chi connectivity index (χ1) is 15.1. The third-order valence-corrected chi connectivity index (χ3v) is 6.36. The summed E-state index contributed by atoms with van der Waals surface area (Å²) < 4.78 is 36.2. The van der Waals surface area contributed by atoms with E-state index in [0.717, 1.165) is 25.7 Å². The minimum atomic E-state index is -4.93. The molecule has 0 aromatic rings. The van der Waals surface area contributed by atoms with E-state index in [4.69, 9.17) is 14.4 Å². The minimum Gasteiger partial charge on any atom is -0.480 e. The second-order valence-electron chi connectivity index (χ2n) is 8.13. The highest BCUT2D eigenvalue weighted by atomic mass is 32.2. The Morgan fingerprint density at radius 2 is 1.31 bits per heavy atom. The number of nitrogens with one attached hydrogen (secondary N) is 1. The summed E-state index contributed by atoms with van der Waals surface area (Å²) in [5.41, 5.74) is 0. The molecule has 0 unspecified atom stereocenters. The van der Waals surface area contributed by atoms with Crippen molar-refractivity contribution in [2.75, 3.05) is 6.61 Å². The lowest BCUT2D eigenvalue weighted by Gasteiger charge is -2.17. The lowest BCUT2D eigenvalue weighted by molar-refractivity contribution is -0.148. The van der Waals surface area contributed by atoms with E-state index in [1.165, 1.54) is 51.4 Å². The van der Waals surface area contributed by atoms with Gasteiger partial charge in [-0.05, 0) is 12.8 Å². The van der Waals surface area contributed by atoms with Gasteiger partial charge in [-0.1, -0.05) is 84.5 Å². The van der Waals surface area contributed by atoms with Crippen LogP contribution in [0.2, 0.25) is 0 Å². The summed E-state index contributed by atoms with van der Waals surface area (Å²) in [5.74, 6) is -3.46. The molecular formula is C22H41NO8S. The number of amides is 1. The molecular weight excluding hydrogens is 438 g/mol. The van der Waals surface area contributed by atoms with Gasteiger partial charge in [0, 0.05) is 0 Å². The number of hydrogen-bond donors (Lipinski definition) is 3. The van der Waals surface area contributed by atoms with Crippen molar-refractivity contribution in [3.05, 3.63) is 0 Å². The smallest absolute Gasteiger partial charge is 0.328 e. The van der Waals surface area contributed by atoms with Crippen molar-refractivity contribution in [2.45, 2.75) is 115 Å². The summed E-state index contributed by atoms with van der Waals surface area (Å²) >= 11 is 0. The molecule has 0 aromatic carbocycles. The van der Waals surface area contributed by atoms with Crippen molar-refractivity contribution < 1.29 is 37.2 Å². The molecule has 0 saturated carbocycles. The molecule has 3 N–H and O–H groups in total. The summed E-state index contributed by atoms with van der Waals surface area (Å²) in [7, 11) is -4.93. The average molecular weight is 480 g/mol. The van der Waals surface area contributed by atoms with E-state index < -0.39 is 45.7 Å². The van der Waals surface area contributed by atoms with Crippen molar-refractivity contribution in [3.8, 4) is 0 Å². The fraction of sp³-hybridized carbons (Fsp3) is 0.864. The van der Waals surface area contributed by atoms with Gasteiger partial charge in [0.05, 0.1) is 13.0 Å². The van der Waals surface area contributed by atoms with E-state index in [-0.39, 0.29) is 13.0 Å². The summed E-state index contributed by atoms with van der Waals surface area (Å²) in [6, 6.07) is -1.00. The number of carboxylic acids is 1. The van der Waals surface area contributed by atoms with E-state index in [9.17, 15) is 22.8 Å². The topological polar surface area (TPSA) is 147 Å². The summed E-state index contributed by atoms with van der Waals surface area (Å²) in [4.78, 5) is 34.9. The van der Waals surface area contributed by atoms with E-state index >= 15 is 0 Å². The summed E-state index contributed by atoms with van der Waals surface area (Å²) in [6.07, 6.45) is 13.5. The van der Waals surface area contributed by atoms with Crippen LogP contribution in [0.5, 0.6) is 0 Å². The zero-order valence-corrected chi connectivity index (χ0v) is 20.3. The van der Waals surface area contributed by atoms with Crippen LogP contribution in [-0.4, -0.2) is 53.8 Å². The van der Waals surface area contributed by atoms with Gasteiger partial charge in [-0.3, -0.25) is 14.1 Å². The highest BCUT2D eigenvalue weighted by Gasteiger charge is 2.34. The predicted molar refractivity (Wildman–Crippen MR) is 122 cm³/mol. The fourth-order valence-electron chi connectivity index (χ4n) is 3.29. The molecule has 0 fully saturated rings. The number of aliphatic carboxylic acids is 1. The molecule has 0 bridgehead atoms. The molecule has 0 aliphatic heterocycles. The largest absolute Gasteiger partial charge is 0.480 e. The molecule has 2 atom stereocenters. The van der Waals surface area contributed by atoms with Crippen molar-refractivity contribution >= 4 is 28.0 Å². The summed E-state index contributed by atoms with van der Waals surface area (Å²) in [6.45, 7) is 4.08. The SMILES string of the molecule is CCCCCCCCCCCCCCOC(=O)[C@H](CC)NC(=O)C[C@@H](C(=O)O)S(=O)(=O)O. The van der Waals surface area contributed by atoms with Crippen LogP contribution in [0, 0.1) is 0 Å². The van der Waals surface area contributed by atoms with Crippen LogP contribution in [0.25, 0.3) is 0 Å². The molecule has 9 nitrogen and oxygen atoms in total. The number of esters is 1. The van der Waals surface area contributed by atoms with Gasteiger partial charge in [0.1, 0.15) is 6.04 Å². The Kier molecular flexibility index (Phi) is 16.9. The second-order valence-corrected chi connectivity index (χ2v) is 9.73. The maximum absolute atomic E-state index is 12.1. The highest BCUT2D eigenvalue weighted by molar-refractivity contribution is 7.87. The first-order valence-electron chi connectivity index (χ1n) is 11.8. The van der Waals surface area contributed by atoms with Crippen LogP contribution in [0.15, 0.2) is 0 Å². The first-order valence-corrected chi connectivity index (χ1v) is 13.3. The zero-order chi connectivity index (χ0) is 24.4. The Morgan fingerprint density at radius 1 is 0.844 bits per heavy atom. The number of ether oxygens (including phenoxy) is 1. The van der Waals surface area contributed by atoms with Gasteiger partial charge in [-0.25, -0.2) is 4.79 Å². The van der Waals surface area contributed by atoms with Crippen molar-refractivity contribution in [3.63, 3.8) is 0 Å². The quantitative estimate of drug-likeness (QED) is 0.135. The van der Waals surface area contributed by atoms with Crippen LogP contribution in [0.1, 0.15) is 104 Å². The molecule has 0 aliphatic rings. The molecule has 0 aromatic heterocycles. The molecule has 188 valence electrons. The third-order valence-electron chi connectivity index (χ3n) is 5.28. The second kappa shape index (κ2) is 17.8. The normalized spacial score (nSPS) is 13.3. The fourth-order valence-corrected chi connectivity index (χ4v) is 3.90. The molecule has 0 rings (SSSR count). The Balaban J connectivity index is 3.97. The maximum Gasteiger partial charge on any atom is 0.328 e. The molecule has 0 radical (unpaired) electrons.